The number of nitrogens with one attached hydrogen (secondary N) is 1. The summed E-state index contributed by atoms with van der Waals surface area (Å²) in [4.78, 5) is 14.4. The number of rotatable bonds is 5. The van der Waals surface area contributed by atoms with Gasteiger partial charge in [0.05, 0.1) is 6.54 Å². The van der Waals surface area contributed by atoms with Crippen molar-refractivity contribution in [3.63, 3.8) is 0 Å². The van der Waals surface area contributed by atoms with Gasteiger partial charge in [-0.2, -0.15) is 0 Å². The molecule has 0 saturated carbocycles. The molecule has 1 aromatic carbocycles. The van der Waals surface area contributed by atoms with Crippen molar-refractivity contribution in [3.05, 3.63) is 35.9 Å². The van der Waals surface area contributed by atoms with Gasteiger partial charge in [-0.25, -0.2) is 0 Å². The summed E-state index contributed by atoms with van der Waals surface area (Å²) < 4.78 is 0. The average Bonchev–Trinajstić information content (AvgIpc) is 2.48. The molecular weight excluding hydrogens is 260 g/mol. The van der Waals surface area contributed by atoms with Crippen LogP contribution in [0, 0.1) is 11.8 Å². The Morgan fingerprint density at radius 1 is 1.33 bits per heavy atom. The summed E-state index contributed by atoms with van der Waals surface area (Å²) in [5, 5.41) is 3.46. The molecule has 3 heteroatoms. The van der Waals surface area contributed by atoms with Crippen LogP contribution in [0.15, 0.2) is 30.3 Å². The van der Waals surface area contributed by atoms with Gasteiger partial charge in [0.25, 0.3) is 0 Å². The van der Waals surface area contributed by atoms with Gasteiger partial charge in [0.15, 0.2) is 0 Å². The monoisotopic (exact) mass is 288 g/mol. The average molecular weight is 288 g/mol. The molecular formula is C18H28N2O. The molecule has 0 radical (unpaired) electrons. The fraction of sp³-hybridized carbons (Fsp3) is 0.611. The maximum Gasteiger partial charge on any atom is 0.236 e. The van der Waals surface area contributed by atoms with Crippen molar-refractivity contribution in [1.29, 1.82) is 0 Å². The molecule has 0 aliphatic carbocycles. The van der Waals surface area contributed by atoms with E-state index in [2.05, 4.69) is 50.4 Å². The molecule has 3 nitrogen and oxygen atoms in total. The van der Waals surface area contributed by atoms with Crippen molar-refractivity contribution in [3.8, 4) is 0 Å². The van der Waals surface area contributed by atoms with Crippen LogP contribution in [-0.2, 0) is 4.79 Å². The summed E-state index contributed by atoms with van der Waals surface area (Å²) in [5.74, 6) is 1.33. The molecule has 2 atom stereocenters. The molecule has 2 unspecified atom stereocenters. The Kier molecular flexibility index (Phi) is 5.80. The number of benzene rings is 1. The van der Waals surface area contributed by atoms with Gasteiger partial charge in [-0.1, -0.05) is 51.1 Å². The number of amides is 1. The number of carbonyl (C=O) groups excluding carboxylic acids is 1. The minimum atomic E-state index is 0.234. The molecule has 21 heavy (non-hydrogen) atoms. The van der Waals surface area contributed by atoms with Crippen LogP contribution in [0.1, 0.15) is 45.2 Å². The fourth-order valence-electron chi connectivity index (χ4n) is 3.12. The third kappa shape index (κ3) is 4.57. The van der Waals surface area contributed by atoms with Crippen LogP contribution in [0.5, 0.6) is 0 Å². The summed E-state index contributed by atoms with van der Waals surface area (Å²) >= 11 is 0. The largest absolute Gasteiger partial charge is 0.341 e. The van der Waals surface area contributed by atoms with E-state index in [1.165, 1.54) is 12.0 Å². The molecule has 2 rings (SSSR count). The van der Waals surface area contributed by atoms with Gasteiger partial charge in [-0.3, -0.25) is 4.79 Å². The molecule has 1 N–H and O–H groups in total. The van der Waals surface area contributed by atoms with Gasteiger partial charge in [-0.05, 0) is 30.2 Å². The topological polar surface area (TPSA) is 32.3 Å². The molecule has 1 aliphatic heterocycles. The van der Waals surface area contributed by atoms with Crippen molar-refractivity contribution in [2.45, 2.75) is 39.7 Å². The minimum absolute atomic E-state index is 0.234. The quantitative estimate of drug-likeness (QED) is 0.902. The summed E-state index contributed by atoms with van der Waals surface area (Å²) in [6.45, 7) is 8.88. The van der Waals surface area contributed by atoms with Gasteiger partial charge in [0.2, 0.25) is 5.91 Å². The lowest BCUT2D eigenvalue weighted by Crippen LogP contribution is -2.44. The number of likely N-dealkylation sites (tertiary alicyclic amines) is 1. The van der Waals surface area contributed by atoms with Crippen LogP contribution in [0.2, 0.25) is 0 Å². The highest BCUT2D eigenvalue weighted by Gasteiger charge is 2.22. The van der Waals surface area contributed by atoms with Crippen molar-refractivity contribution >= 4 is 5.91 Å². The van der Waals surface area contributed by atoms with Crippen molar-refractivity contribution in [2.75, 3.05) is 19.6 Å². The lowest BCUT2D eigenvalue weighted by Gasteiger charge is -2.32. The first kappa shape index (κ1) is 16.0. The van der Waals surface area contributed by atoms with Crippen LogP contribution in [0.4, 0.5) is 0 Å². The first-order valence-corrected chi connectivity index (χ1v) is 8.14. The van der Waals surface area contributed by atoms with Gasteiger partial charge >= 0.3 is 0 Å². The van der Waals surface area contributed by atoms with Crippen LogP contribution >= 0.6 is 0 Å². The molecule has 1 aliphatic rings. The van der Waals surface area contributed by atoms with Crippen LogP contribution in [0.25, 0.3) is 0 Å². The standard InChI is InChI=1S/C18H28N2O/c1-14(2)18(16-9-5-4-6-10-16)19-12-17(21)20-11-7-8-15(3)13-20/h4-6,9-10,14-15,18-19H,7-8,11-13H2,1-3H3. The highest BCUT2D eigenvalue weighted by Crippen LogP contribution is 2.21. The van der Waals surface area contributed by atoms with Crippen LogP contribution in [-0.4, -0.2) is 30.4 Å². The third-order valence-electron chi connectivity index (χ3n) is 4.31. The van der Waals surface area contributed by atoms with E-state index in [-0.39, 0.29) is 11.9 Å². The number of nitrogens with zero attached hydrogens (tertiary/aromatic N) is 1. The Balaban J connectivity index is 1.91. The molecule has 0 spiro atoms. The Morgan fingerprint density at radius 2 is 2.05 bits per heavy atom. The molecule has 1 aromatic rings. The predicted molar refractivity (Wildman–Crippen MR) is 87.0 cm³/mol. The highest BCUT2D eigenvalue weighted by molar-refractivity contribution is 5.78. The number of hydrogen-bond acceptors (Lipinski definition) is 2. The maximum atomic E-state index is 12.4. The molecule has 1 saturated heterocycles. The van der Waals surface area contributed by atoms with Crippen molar-refractivity contribution in [2.24, 2.45) is 11.8 Å². The van der Waals surface area contributed by atoms with E-state index in [9.17, 15) is 4.79 Å². The second-order valence-corrected chi connectivity index (χ2v) is 6.60. The molecule has 0 bridgehead atoms. The van der Waals surface area contributed by atoms with E-state index >= 15 is 0 Å². The second-order valence-electron chi connectivity index (χ2n) is 6.60. The zero-order valence-corrected chi connectivity index (χ0v) is 13.5. The third-order valence-corrected chi connectivity index (χ3v) is 4.31. The zero-order valence-electron chi connectivity index (χ0n) is 13.5. The maximum absolute atomic E-state index is 12.4. The molecule has 1 heterocycles. The lowest BCUT2D eigenvalue weighted by molar-refractivity contribution is -0.132. The van der Waals surface area contributed by atoms with E-state index in [0.29, 0.717) is 18.4 Å². The Hall–Kier alpha value is -1.35. The van der Waals surface area contributed by atoms with E-state index in [0.717, 1.165) is 19.5 Å². The first-order valence-electron chi connectivity index (χ1n) is 8.14. The van der Waals surface area contributed by atoms with Crippen molar-refractivity contribution in [1.82, 2.24) is 10.2 Å². The Labute approximate surface area is 128 Å². The van der Waals surface area contributed by atoms with Gasteiger partial charge < -0.3 is 10.2 Å². The summed E-state index contributed by atoms with van der Waals surface area (Å²) in [6.07, 6.45) is 2.38. The minimum Gasteiger partial charge on any atom is -0.341 e. The smallest absolute Gasteiger partial charge is 0.236 e. The molecule has 0 aromatic heterocycles. The van der Waals surface area contributed by atoms with Gasteiger partial charge in [-0.15, -0.1) is 0 Å². The Bertz CT molecular complexity index is 444. The molecule has 116 valence electrons. The fourth-order valence-corrected chi connectivity index (χ4v) is 3.12. The number of carbonyl (C=O) groups is 1. The normalized spacial score (nSPS) is 20.6. The van der Waals surface area contributed by atoms with E-state index in [1.54, 1.807) is 0 Å². The van der Waals surface area contributed by atoms with E-state index < -0.39 is 0 Å². The first-order chi connectivity index (χ1) is 10.1. The van der Waals surface area contributed by atoms with Crippen LogP contribution < -0.4 is 5.32 Å². The van der Waals surface area contributed by atoms with E-state index in [1.807, 2.05) is 11.0 Å². The van der Waals surface area contributed by atoms with Crippen molar-refractivity contribution < 1.29 is 4.79 Å². The van der Waals surface area contributed by atoms with Gasteiger partial charge in [0.1, 0.15) is 0 Å². The zero-order chi connectivity index (χ0) is 15.2. The summed E-state index contributed by atoms with van der Waals surface area (Å²) in [6, 6.07) is 10.6. The lowest BCUT2D eigenvalue weighted by atomic mass is 9.96. The van der Waals surface area contributed by atoms with E-state index in [4.69, 9.17) is 0 Å². The summed E-state index contributed by atoms with van der Waals surface area (Å²) in [5.41, 5.74) is 1.26. The second kappa shape index (κ2) is 7.60. The summed E-state index contributed by atoms with van der Waals surface area (Å²) in [7, 11) is 0. The molecule has 1 fully saturated rings. The highest BCUT2D eigenvalue weighted by atomic mass is 16.2. The number of hydrogen-bond donors (Lipinski definition) is 1. The van der Waals surface area contributed by atoms with Crippen LogP contribution in [0.3, 0.4) is 0 Å². The number of piperidine rings is 1. The Morgan fingerprint density at radius 3 is 2.67 bits per heavy atom. The predicted octanol–water partition coefficient (Wildman–Crippen LogP) is 3.23. The SMILES string of the molecule is CC1CCCN(C(=O)CNC(c2ccccc2)C(C)C)C1. The molecule has 1 amide bonds. The van der Waals surface area contributed by atoms with Gasteiger partial charge in [0, 0.05) is 19.1 Å².